The highest BCUT2D eigenvalue weighted by molar-refractivity contribution is 7.92. The fourth-order valence-electron chi connectivity index (χ4n) is 2.96. The van der Waals surface area contributed by atoms with E-state index in [1.807, 2.05) is 31.2 Å². The van der Waals surface area contributed by atoms with Crippen molar-refractivity contribution in [2.24, 2.45) is 0 Å². The Bertz CT molecular complexity index is 1160. The maximum Gasteiger partial charge on any atom is 0.264 e. The Kier molecular flexibility index (Phi) is 7.37. The van der Waals surface area contributed by atoms with E-state index in [0.29, 0.717) is 18.0 Å². The summed E-state index contributed by atoms with van der Waals surface area (Å²) in [4.78, 5) is 12.5. The number of rotatable bonds is 9. The lowest BCUT2D eigenvalue weighted by molar-refractivity contribution is 0.0946. The highest BCUT2D eigenvalue weighted by Crippen LogP contribution is 2.24. The number of carbonyl (C=O) groups is 1. The van der Waals surface area contributed by atoms with E-state index >= 15 is 0 Å². The van der Waals surface area contributed by atoms with Crippen LogP contribution in [0.2, 0.25) is 0 Å². The number of aryl methyl sites for hydroxylation is 1. The monoisotopic (exact) mass is 454 g/mol. The molecule has 0 unspecified atom stereocenters. The van der Waals surface area contributed by atoms with Crippen LogP contribution in [0.25, 0.3) is 0 Å². The molecule has 3 aromatic rings. The van der Waals surface area contributed by atoms with Gasteiger partial charge >= 0.3 is 0 Å². The molecule has 3 aromatic carbocycles. The van der Waals surface area contributed by atoms with Crippen LogP contribution in [0.1, 0.15) is 15.9 Å². The quantitative estimate of drug-likeness (QED) is 0.499. The molecule has 0 aromatic heterocycles. The van der Waals surface area contributed by atoms with Gasteiger partial charge in [0.1, 0.15) is 18.1 Å². The fraction of sp³-hybridized carbons (Fsp3) is 0.208. The minimum atomic E-state index is -3.84. The van der Waals surface area contributed by atoms with Gasteiger partial charge in [-0.05, 0) is 61.5 Å². The molecule has 168 valence electrons. The second-order valence-electron chi connectivity index (χ2n) is 7.12. The second kappa shape index (κ2) is 10.2. The third-order valence-electron chi connectivity index (χ3n) is 4.87. The largest absolute Gasteiger partial charge is 0.497 e. The van der Waals surface area contributed by atoms with Gasteiger partial charge in [-0.15, -0.1) is 0 Å². The van der Waals surface area contributed by atoms with E-state index in [0.717, 1.165) is 11.3 Å². The molecule has 0 aliphatic rings. The van der Waals surface area contributed by atoms with Crippen LogP contribution in [0.4, 0.5) is 5.69 Å². The Morgan fingerprint density at radius 3 is 2.28 bits per heavy atom. The van der Waals surface area contributed by atoms with Crippen LogP contribution in [0.3, 0.4) is 0 Å². The average Bonchev–Trinajstić information content (AvgIpc) is 2.82. The first-order chi connectivity index (χ1) is 15.3. The third kappa shape index (κ3) is 5.59. The Morgan fingerprint density at radius 1 is 0.969 bits per heavy atom. The molecule has 0 saturated heterocycles. The van der Waals surface area contributed by atoms with Gasteiger partial charge in [-0.1, -0.05) is 23.8 Å². The maximum atomic E-state index is 13.0. The number of amides is 1. The molecule has 3 rings (SSSR count). The summed E-state index contributed by atoms with van der Waals surface area (Å²) in [6.07, 6.45) is 0. The lowest BCUT2D eigenvalue weighted by Crippen LogP contribution is -2.29. The number of anilines is 1. The highest BCUT2D eigenvalue weighted by Gasteiger charge is 2.22. The number of benzene rings is 3. The smallest absolute Gasteiger partial charge is 0.264 e. The lowest BCUT2D eigenvalue weighted by atomic mass is 10.2. The molecular formula is C24H26N2O5S. The summed E-state index contributed by atoms with van der Waals surface area (Å²) >= 11 is 0. The van der Waals surface area contributed by atoms with E-state index < -0.39 is 10.0 Å². The number of nitrogens with zero attached hydrogens (tertiary/aromatic N) is 1. The second-order valence-corrected chi connectivity index (χ2v) is 9.09. The predicted octanol–water partition coefficient (Wildman–Crippen LogP) is 3.64. The summed E-state index contributed by atoms with van der Waals surface area (Å²) in [5.41, 5.74) is 1.87. The zero-order chi connectivity index (χ0) is 23.1. The molecule has 0 aliphatic carbocycles. The van der Waals surface area contributed by atoms with Crippen molar-refractivity contribution in [2.45, 2.75) is 11.8 Å². The van der Waals surface area contributed by atoms with Crippen molar-refractivity contribution in [3.63, 3.8) is 0 Å². The van der Waals surface area contributed by atoms with Crippen LogP contribution >= 0.6 is 0 Å². The molecule has 0 heterocycles. The normalized spacial score (nSPS) is 11.0. The molecule has 1 N–H and O–H groups in total. The maximum absolute atomic E-state index is 13.0. The summed E-state index contributed by atoms with van der Waals surface area (Å²) in [6, 6.07) is 20.3. The minimum absolute atomic E-state index is 0.0272. The van der Waals surface area contributed by atoms with E-state index in [1.54, 1.807) is 43.5 Å². The predicted molar refractivity (Wildman–Crippen MR) is 124 cm³/mol. The van der Waals surface area contributed by atoms with Crippen molar-refractivity contribution >= 4 is 21.6 Å². The molecule has 0 bridgehead atoms. The topological polar surface area (TPSA) is 84.9 Å². The van der Waals surface area contributed by atoms with Crippen molar-refractivity contribution < 1.29 is 22.7 Å². The van der Waals surface area contributed by atoms with Gasteiger partial charge in [0.15, 0.2) is 0 Å². The summed E-state index contributed by atoms with van der Waals surface area (Å²) < 4.78 is 38.0. The van der Waals surface area contributed by atoms with E-state index in [-0.39, 0.29) is 22.9 Å². The minimum Gasteiger partial charge on any atom is -0.497 e. The first-order valence-corrected chi connectivity index (χ1v) is 11.5. The first-order valence-electron chi connectivity index (χ1n) is 10.0. The van der Waals surface area contributed by atoms with Gasteiger partial charge < -0.3 is 14.8 Å². The number of ether oxygens (including phenoxy) is 2. The van der Waals surface area contributed by atoms with Crippen LogP contribution in [0.5, 0.6) is 11.5 Å². The van der Waals surface area contributed by atoms with Crippen LogP contribution in [0.15, 0.2) is 77.7 Å². The van der Waals surface area contributed by atoms with Crippen molar-refractivity contribution in [1.29, 1.82) is 0 Å². The molecule has 0 aliphatic heterocycles. The van der Waals surface area contributed by atoms with Crippen LogP contribution in [0, 0.1) is 6.92 Å². The van der Waals surface area contributed by atoms with Crippen molar-refractivity contribution in [1.82, 2.24) is 5.32 Å². The third-order valence-corrected chi connectivity index (χ3v) is 6.65. The zero-order valence-corrected chi connectivity index (χ0v) is 19.1. The molecule has 0 spiro atoms. The van der Waals surface area contributed by atoms with Gasteiger partial charge in [-0.25, -0.2) is 8.42 Å². The SMILES string of the molecule is COc1ccc(N(C)S(=O)(=O)c2cccc(C(=O)NCCOc3ccc(C)cc3)c2)cc1. The van der Waals surface area contributed by atoms with E-state index in [2.05, 4.69) is 5.32 Å². The average molecular weight is 455 g/mol. The van der Waals surface area contributed by atoms with E-state index in [4.69, 9.17) is 9.47 Å². The Hall–Kier alpha value is -3.52. The van der Waals surface area contributed by atoms with Gasteiger partial charge in [0.2, 0.25) is 0 Å². The van der Waals surface area contributed by atoms with Gasteiger partial charge in [0.25, 0.3) is 15.9 Å². The van der Waals surface area contributed by atoms with Gasteiger partial charge in [-0.3, -0.25) is 9.10 Å². The van der Waals surface area contributed by atoms with Gasteiger partial charge in [0.05, 0.1) is 24.2 Å². The molecular weight excluding hydrogens is 428 g/mol. The van der Waals surface area contributed by atoms with E-state index in [9.17, 15) is 13.2 Å². The standard InChI is InChI=1S/C24H26N2O5S/c1-18-7-11-22(12-8-18)31-16-15-25-24(27)19-5-4-6-23(17-19)32(28,29)26(2)20-9-13-21(30-3)14-10-20/h4-14,17H,15-16H2,1-3H3,(H,25,27). The van der Waals surface area contributed by atoms with Crippen molar-refractivity contribution in [3.8, 4) is 11.5 Å². The summed E-state index contributed by atoms with van der Waals surface area (Å²) in [6.45, 7) is 2.58. The Labute approximate surface area is 188 Å². The summed E-state index contributed by atoms with van der Waals surface area (Å²) in [5.74, 6) is 0.978. The molecule has 0 atom stereocenters. The molecule has 0 fully saturated rings. The molecule has 7 nitrogen and oxygen atoms in total. The molecule has 1 amide bonds. The summed E-state index contributed by atoms with van der Waals surface area (Å²) in [5, 5.41) is 2.75. The van der Waals surface area contributed by atoms with Crippen molar-refractivity contribution in [2.75, 3.05) is 31.6 Å². The number of nitrogens with one attached hydrogen (secondary N) is 1. The molecule has 8 heteroatoms. The number of hydrogen-bond acceptors (Lipinski definition) is 5. The Morgan fingerprint density at radius 2 is 1.62 bits per heavy atom. The number of methoxy groups -OCH3 is 1. The zero-order valence-electron chi connectivity index (χ0n) is 18.2. The molecule has 0 radical (unpaired) electrons. The van der Waals surface area contributed by atoms with E-state index in [1.165, 1.54) is 23.5 Å². The highest BCUT2D eigenvalue weighted by atomic mass is 32.2. The number of sulfonamides is 1. The summed E-state index contributed by atoms with van der Waals surface area (Å²) in [7, 11) is -0.838. The van der Waals surface area contributed by atoms with Crippen molar-refractivity contribution in [3.05, 3.63) is 83.9 Å². The van der Waals surface area contributed by atoms with Crippen LogP contribution in [-0.4, -0.2) is 41.6 Å². The van der Waals surface area contributed by atoms with Crippen LogP contribution < -0.4 is 19.1 Å². The Balaban J connectivity index is 1.63. The first kappa shape index (κ1) is 23.1. The van der Waals surface area contributed by atoms with Gasteiger partial charge in [-0.2, -0.15) is 0 Å². The number of hydrogen-bond donors (Lipinski definition) is 1. The molecule has 0 saturated carbocycles. The van der Waals surface area contributed by atoms with Crippen LogP contribution in [-0.2, 0) is 10.0 Å². The molecule has 32 heavy (non-hydrogen) atoms. The van der Waals surface area contributed by atoms with Gasteiger partial charge in [0, 0.05) is 12.6 Å². The lowest BCUT2D eigenvalue weighted by Gasteiger charge is -2.20. The fourth-order valence-corrected chi connectivity index (χ4v) is 4.20. The number of carbonyl (C=O) groups excluding carboxylic acids is 1.